The van der Waals surface area contributed by atoms with Crippen LogP contribution >= 0.6 is 22.6 Å². The van der Waals surface area contributed by atoms with Crippen LogP contribution < -0.4 is 0 Å². The third-order valence-corrected chi connectivity index (χ3v) is 3.20. The molecule has 0 aliphatic carbocycles. The van der Waals surface area contributed by atoms with Crippen molar-refractivity contribution in [2.75, 3.05) is 6.61 Å². The lowest BCUT2D eigenvalue weighted by Gasteiger charge is -2.22. The number of alkyl halides is 3. The van der Waals surface area contributed by atoms with E-state index in [-0.39, 0.29) is 9.80 Å². The summed E-state index contributed by atoms with van der Waals surface area (Å²) in [6.45, 7) is 0.586. The number of hydrogen-bond donors (Lipinski definition) is 0. The van der Waals surface area contributed by atoms with Crippen molar-refractivity contribution in [2.45, 2.75) is 31.7 Å². The first kappa shape index (κ1) is 12.2. The first-order valence-corrected chi connectivity index (χ1v) is 6.00. The Hall–Kier alpha value is -0.310. The number of hydrogen-bond acceptors (Lipinski definition) is 2. The molecule has 1 aliphatic rings. The fourth-order valence-corrected chi connectivity index (χ4v) is 2.34. The standard InChI is InChI=1S/C9H10F3IN2O/c10-9(11,12)8-6(13)5-15(14-8)7-3-1-2-4-16-7/h5,7H,1-4H2. The van der Waals surface area contributed by atoms with Gasteiger partial charge in [-0.1, -0.05) is 0 Å². The Labute approximate surface area is 104 Å². The van der Waals surface area contributed by atoms with Crippen molar-refractivity contribution in [1.29, 1.82) is 0 Å². The molecule has 1 fully saturated rings. The molecule has 1 saturated heterocycles. The Morgan fingerprint density at radius 3 is 2.69 bits per heavy atom. The number of ether oxygens (including phenoxy) is 1. The average Bonchev–Trinajstić information content (AvgIpc) is 2.61. The SMILES string of the molecule is FC(F)(F)c1nn(C2CCCCO2)cc1I. The number of rotatable bonds is 1. The van der Waals surface area contributed by atoms with Gasteiger partial charge in [0.25, 0.3) is 0 Å². The molecule has 0 amide bonds. The molecule has 3 nitrogen and oxygen atoms in total. The predicted octanol–water partition coefficient (Wildman–Crippen LogP) is 3.21. The van der Waals surface area contributed by atoms with Gasteiger partial charge in [-0.2, -0.15) is 18.3 Å². The van der Waals surface area contributed by atoms with Gasteiger partial charge in [-0.15, -0.1) is 0 Å². The molecule has 0 N–H and O–H groups in total. The predicted molar refractivity (Wildman–Crippen MR) is 58.8 cm³/mol. The van der Waals surface area contributed by atoms with E-state index < -0.39 is 11.9 Å². The number of halogens is 4. The van der Waals surface area contributed by atoms with E-state index in [0.29, 0.717) is 6.61 Å². The molecule has 1 unspecified atom stereocenters. The number of nitrogens with zero attached hydrogens (tertiary/aromatic N) is 2. The van der Waals surface area contributed by atoms with Crippen LogP contribution in [0, 0.1) is 3.57 Å². The second-order valence-corrected chi connectivity index (χ2v) is 4.79. The highest BCUT2D eigenvalue weighted by atomic mass is 127. The molecular weight excluding hydrogens is 336 g/mol. The first-order chi connectivity index (χ1) is 7.48. The van der Waals surface area contributed by atoms with Crippen LogP contribution in [0.2, 0.25) is 0 Å². The molecule has 1 aromatic rings. The Morgan fingerprint density at radius 2 is 2.19 bits per heavy atom. The fraction of sp³-hybridized carbons (Fsp3) is 0.667. The van der Waals surface area contributed by atoms with E-state index in [1.165, 1.54) is 10.9 Å². The van der Waals surface area contributed by atoms with Crippen molar-refractivity contribution >= 4 is 22.6 Å². The molecule has 0 spiro atoms. The summed E-state index contributed by atoms with van der Waals surface area (Å²) in [5.41, 5.74) is -0.831. The first-order valence-electron chi connectivity index (χ1n) is 4.92. The summed E-state index contributed by atoms with van der Waals surface area (Å²) in [5, 5.41) is 3.56. The number of aromatic nitrogens is 2. The normalized spacial score (nSPS) is 22.4. The minimum Gasteiger partial charge on any atom is -0.357 e. The quantitative estimate of drug-likeness (QED) is 0.731. The van der Waals surface area contributed by atoms with Crippen LogP contribution in [0.25, 0.3) is 0 Å². The summed E-state index contributed by atoms with van der Waals surface area (Å²) in [7, 11) is 0. The molecule has 1 aromatic heterocycles. The molecule has 1 aliphatic heterocycles. The minimum absolute atomic E-state index is 0.110. The molecule has 16 heavy (non-hydrogen) atoms. The summed E-state index contributed by atoms with van der Waals surface area (Å²) < 4.78 is 44.3. The molecule has 0 bridgehead atoms. The van der Waals surface area contributed by atoms with Gasteiger partial charge in [-0.3, -0.25) is 0 Å². The van der Waals surface area contributed by atoms with E-state index in [9.17, 15) is 13.2 Å². The fourth-order valence-electron chi connectivity index (χ4n) is 1.64. The monoisotopic (exact) mass is 346 g/mol. The Kier molecular flexibility index (Phi) is 3.43. The molecule has 2 rings (SSSR count). The van der Waals surface area contributed by atoms with Crippen LogP contribution in [0.3, 0.4) is 0 Å². The van der Waals surface area contributed by atoms with Gasteiger partial charge >= 0.3 is 6.18 Å². The third kappa shape index (κ3) is 2.50. The maximum absolute atomic E-state index is 12.5. The molecule has 0 saturated carbocycles. The van der Waals surface area contributed by atoms with Crippen LogP contribution in [-0.2, 0) is 10.9 Å². The third-order valence-electron chi connectivity index (χ3n) is 2.41. The van der Waals surface area contributed by atoms with E-state index in [1.807, 2.05) is 0 Å². The second kappa shape index (κ2) is 4.52. The van der Waals surface area contributed by atoms with E-state index in [4.69, 9.17) is 4.74 Å². The molecule has 90 valence electrons. The van der Waals surface area contributed by atoms with Gasteiger partial charge in [-0.05, 0) is 41.9 Å². The summed E-state index contributed by atoms with van der Waals surface area (Å²) in [6, 6.07) is 0. The van der Waals surface area contributed by atoms with Gasteiger partial charge in [0.2, 0.25) is 0 Å². The summed E-state index contributed by atoms with van der Waals surface area (Å²) in [4.78, 5) is 0. The van der Waals surface area contributed by atoms with E-state index >= 15 is 0 Å². The molecule has 1 atom stereocenters. The van der Waals surface area contributed by atoms with Crippen molar-refractivity contribution in [2.24, 2.45) is 0 Å². The molecule has 7 heteroatoms. The van der Waals surface area contributed by atoms with Crippen LogP contribution in [0.4, 0.5) is 13.2 Å². The van der Waals surface area contributed by atoms with Crippen molar-refractivity contribution in [1.82, 2.24) is 9.78 Å². The zero-order valence-corrected chi connectivity index (χ0v) is 10.5. The van der Waals surface area contributed by atoms with E-state index in [1.54, 1.807) is 22.6 Å². The van der Waals surface area contributed by atoms with Crippen LogP contribution in [0.1, 0.15) is 31.2 Å². The zero-order valence-electron chi connectivity index (χ0n) is 8.30. The Morgan fingerprint density at radius 1 is 1.44 bits per heavy atom. The van der Waals surface area contributed by atoms with Gasteiger partial charge in [-0.25, -0.2) is 4.68 Å². The Bertz CT molecular complexity index is 371. The maximum atomic E-state index is 12.5. The van der Waals surface area contributed by atoms with Gasteiger partial charge in [0.1, 0.15) is 6.23 Å². The van der Waals surface area contributed by atoms with Crippen molar-refractivity contribution in [3.05, 3.63) is 15.5 Å². The highest BCUT2D eigenvalue weighted by Gasteiger charge is 2.37. The lowest BCUT2D eigenvalue weighted by atomic mass is 10.2. The summed E-state index contributed by atoms with van der Waals surface area (Å²) >= 11 is 1.64. The van der Waals surface area contributed by atoms with Gasteiger partial charge in [0.05, 0.1) is 3.57 Å². The topological polar surface area (TPSA) is 27.1 Å². The van der Waals surface area contributed by atoms with Gasteiger partial charge < -0.3 is 4.74 Å². The van der Waals surface area contributed by atoms with Crippen molar-refractivity contribution in [3.63, 3.8) is 0 Å². The van der Waals surface area contributed by atoms with Gasteiger partial charge in [0, 0.05) is 12.8 Å². The van der Waals surface area contributed by atoms with E-state index in [2.05, 4.69) is 5.10 Å². The van der Waals surface area contributed by atoms with Crippen LogP contribution in [-0.4, -0.2) is 16.4 Å². The molecule has 0 radical (unpaired) electrons. The average molecular weight is 346 g/mol. The van der Waals surface area contributed by atoms with Crippen LogP contribution in [0.15, 0.2) is 6.20 Å². The van der Waals surface area contributed by atoms with E-state index in [0.717, 1.165) is 19.3 Å². The lowest BCUT2D eigenvalue weighted by Crippen LogP contribution is -2.19. The molecule has 0 aromatic carbocycles. The minimum atomic E-state index is -4.39. The molecule has 2 heterocycles. The largest absolute Gasteiger partial charge is 0.436 e. The zero-order chi connectivity index (χ0) is 11.8. The van der Waals surface area contributed by atoms with Gasteiger partial charge in [0.15, 0.2) is 5.69 Å². The second-order valence-electron chi connectivity index (χ2n) is 3.62. The van der Waals surface area contributed by atoms with Crippen LogP contribution in [0.5, 0.6) is 0 Å². The maximum Gasteiger partial charge on any atom is 0.436 e. The van der Waals surface area contributed by atoms with Crippen molar-refractivity contribution in [3.8, 4) is 0 Å². The smallest absolute Gasteiger partial charge is 0.357 e. The molecular formula is C9H10F3IN2O. The highest BCUT2D eigenvalue weighted by molar-refractivity contribution is 14.1. The summed E-state index contributed by atoms with van der Waals surface area (Å²) in [6.07, 6.45) is -0.715. The summed E-state index contributed by atoms with van der Waals surface area (Å²) in [5.74, 6) is 0. The highest BCUT2D eigenvalue weighted by Crippen LogP contribution is 2.33. The Balaban J connectivity index is 2.23. The lowest BCUT2D eigenvalue weighted by molar-refractivity contribution is -0.143. The van der Waals surface area contributed by atoms with Crippen molar-refractivity contribution < 1.29 is 17.9 Å².